The fraction of sp³-hybridized carbons (Fsp3) is 0.478. The number of sulfonamides is 2. The number of morpholine rings is 1. The van der Waals surface area contributed by atoms with Gasteiger partial charge in [-0.15, -0.1) is 0 Å². The van der Waals surface area contributed by atoms with Gasteiger partial charge in [0.15, 0.2) is 0 Å². The molecule has 0 spiro atoms. The highest BCUT2D eigenvalue weighted by molar-refractivity contribution is 7.93. The van der Waals surface area contributed by atoms with Crippen molar-refractivity contribution in [3.05, 3.63) is 53.6 Å². The third-order valence-electron chi connectivity index (χ3n) is 6.89. The molecule has 2 unspecified atom stereocenters. The molecule has 2 fully saturated rings. The molecular formula is C23H29N3O5S2. The van der Waals surface area contributed by atoms with Gasteiger partial charge in [-0.1, -0.05) is 17.7 Å². The third kappa shape index (κ3) is 3.87. The first-order valence-corrected chi connectivity index (χ1v) is 14.1. The second-order valence-electron chi connectivity index (χ2n) is 9.08. The first-order chi connectivity index (χ1) is 15.7. The molecule has 3 aliphatic heterocycles. The summed E-state index contributed by atoms with van der Waals surface area (Å²) in [5.41, 5.74) is 2.91. The van der Waals surface area contributed by atoms with E-state index in [0.29, 0.717) is 26.3 Å². The van der Waals surface area contributed by atoms with Crippen molar-refractivity contribution in [3.63, 3.8) is 0 Å². The van der Waals surface area contributed by atoms with Gasteiger partial charge < -0.3 is 9.64 Å². The lowest BCUT2D eigenvalue weighted by atomic mass is 9.89. The van der Waals surface area contributed by atoms with E-state index in [1.54, 1.807) is 4.31 Å². The van der Waals surface area contributed by atoms with E-state index in [0.717, 1.165) is 36.3 Å². The Morgan fingerprint density at radius 3 is 2.18 bits per heavy atom. The molecule has 178 valence electrons. The fourth-order valence-electron chi connectivity index (χ4n) is 5.18. The van der Waals surface area contributed by atoms with Crippen molar-refractivity contribution in [2.75, 3.05) is 50.7 Å². The summed E-state index contributed by atoms with van der Waals surface area (Å²) in [5.74, 6) is 0.120. The van der Waals surface area contributed by atoms with Crippen LogP contribution in [-0.2, 0) is 24.8 Å². The number of likely N-dealkylation sites (tertiary alicyclic amines) is 1. The number of ether oxygens (including phenoxy) is 1. The van der Waals surface area contributed by atoms with Gasteiger partial charge in [-0.3, -0.25) is 4.31 Å². The number of nitrogens with zero attached hydrogens (tertiary/aromatic N) is 3. The molecule has 0 aromatic heterocycles. The molecule has 8 nitrogen and oxygen atoms in total. The first kappa shape index (κ1) is 22.8. The minimum atomic E-state index is -3.85. The fourth-order valence-corrected chi connectivity index (χ4v) is 8.33. The Morgan fingerprint density at radius 2 is 1.52 bits per heavy atom. The topological polar surface area (TPSA) is 87.2 Å². The van der Waals surface area contributed by atoms with E-state index in [2.05, 4.69) is 18.0 Å². The Kier molecular flexibility index (Phi) is 5.77. The van der Waals surface area contributed by atoms with Gasteiger partial charge in [0.25, 0.3) is 10.0 Å². The normalized spacial score (nSPS) is 24.5. The Hall–Kier alpha value is -1.98. The maximum atomic E-state index is 13.8. The molecule has 2 aromatic carbocycles. The van der Waals surface area contributed by atoms with E-state index in [1.165, 1.54) is 28.6 Å². The SMILES string of the molecule is Cc1ccc2c(c1)C1CN(C)CCC1N2S(=O)(=O)c1ccc(S(=O)(=O)N2CCOCC2)cc1. The minimum absolute atomic E-state index is 0.0953. The Morgan fingerprint density at radius 1 is 0.879 bits per heavy atom. The van der Waals surface area contributed by atoms with E-state index >= 15 is 0 Å². The summed E-state index contributed by atoms with van der Waals surface area (Å²) < 4.78 is 61.7. The van der Waals surface area contributed by atoms with Gasteiger partial charge in [0.1, 0.15) is 0 Å². The van der Waals surface area contributed by atoms with Crippen LogP contribution in [0.5, 0.6) is 0 Å². The molecule has 2 aromatic rings. The van der Waals surface area contributed by atoms with E-state index in [-0.39, 0.29) is 21.8 Å². The van der Waals surface area contributed by atoms with Gasteiger partial charge in [-0.05, 0) is 62.8 Å². The van der Waals surface area contributed by atoms with Gasteiger partial charge in [0, 0.05) is 25.6 Å². The van der Waals surface area contributed by atoms with Crippen molar-refractivity contribution >= 4 is 25.7 Å². The quantitative estimate of drug-likeness (QED) is 0.650. The van der Waals surface area contributed by atoms with Crippen LogP contribution in [0.3, 0.4) is 0 Å². The summed E-state index contributed by atoms with van der Waals surface area (Å²) in [4.78, 5) is 2.45. The van der Waals surface area contributed by atoms with Crippen molar-refractivity contribution < 1.29 is 21.6 Å². The Labute approximate surface area is 195 Å². The summed E-state index contributed by atoms with van der Waals surface area (Å²) >= 11 is 0. The van der Waals surface area contributed by atoms with Crippen LogP contribution in [0.1, 0.15) is 23.5 Å². The van der Waals surface area contributed by atoms with Crippen LogP contribution in [-0.4, -0.2) is 78.5 Å². The lowest BCUT2D eigenvalue weighted by molar-refractivity contribution is 0.0730. The van der Waals surface area contributed by atoms with Crippen LogP contribution < -0.4 is 4.31 Å². The largest absolute Gasteiger partial charge is 0.379 e. The first-order valence-electron chi connectivity index (χ1n) is 11.2. The number of hydrogen-bond donors (Lipinski definition) is 0. The zero-order chi connectivity index (χ0) is 23.4. The van der Waals surface area contributed by atoms with Crippen LogP contribution in [0.2, 0.25) is 0 Å². The number of anilines is 1. The van der Waals surface area contributed by atoms with E-state index in [4.69, 9.17) is 4.74 Å². The molecule has 0 aliphatic carbocycles. The molecule has 3 aliphatic rings. The summed E-state index contributed by atoms with van der Waals surface area (Å²) in [7, 11) is -5.47. The van der Waals surface area contributed by atoms with Gasteiger partial charge in [0.05, 0.1) is 34.7 Å². The average molecular weight is 492 g/mol. The van der Waals surface area contributed by atoms with Crippen molar-refractivity contribution in [1.82, 2.24) is 9.21 Å². The van der Waals surface area contributed by atoms with Gasteiger partial charge in [-0.2, -0.15) is 4.31 Å². The Balaban J connectivity index is 1.50. The number of piperidine rings is 1. The van der Waals surface area contributed by atoms with E-state index in [1.807, 2.05) is 19.1 Å². The predicted molar refractivity (Wildman–Crippen MR) is 126 cm³/mol. The lowest BCUT2D eigenvalue weighted by Crippen LogP contribution is -2.47. The van der Waals surface area contributed by atoms with E-state index < -0.39 is 20.0 Å². The maximum Gasteiger partial charge on any atom is 0.264 e. The second-order valence-corrected chi connectivity index (χ2v) is 12.8. The minimum Gasteiger partial charge on any atom is -0.379 e. The van der Waals surface area contributed by atoms with Crippen molar-refractivity contribution in [2.45, 2.75) is 35.1 Å². The smallest absolute Gasteiger partial charge is 0.264 e. The molecule has 2 atom stereocenters. The summed E-state index contributed by atoms with van der Waals surface area (Å²) in [6.07, 6.45) is 0.748. The van der Waals surface area contributed by atoms with Crippen LogP contribution >= 0.6 is 0 Å². The van der Waals surface area contributed by atoms with Gasteiger partial charge in [0.2, 0.25) is 10.0 Å². The molecule has 10 heteroatoms. The highest BCUT2D eigenvalue weighted by atomic mass is 32.2. The summed E-state index contributed by atoms with van der Waals surface area (Å²) in [6.45, 7) is 4.97. The molecule has 0 radical (unpaired) electrons. The third-order valence-corrected chi connectivity index (χ3v) is 10.7. The zero-order valence-electron chi connectivity index (χ0n) is 18.8. The molecule has 3 heterocycles. The zero-order valence-corrected chi connectivity index (χ0v) is 20.5. The molecule has 5 rings (SSSR count). The van der Waals surface area contributed by atoms with Crippen molar-refractivity contribution in [2.24, 2.45) is 0 Å². The second kappa shape index (κ2) is 8.35. The van der Waals surface area contributed by atoms with Crippen LogP contribution in [0.25, 0.3) is 0 Å². The highest BCUT2D eigenvalue weighted by Gasteiger charge is 2.46. The average Bonchev–Trinajstić information content (AvgIpc) is 3.13. The van der Waals surface area contributed by atoms with Crippen LogP contribution in [0.4, 0.5) is 5.69 Å². The molecule has 2 saturated heterocycles. The number of likely N-dealkylation sites (N-methyl/N-ethyl adjacent to an activating group) is 1. The molecule has 0 N–H and O–H groups in total. The molecule has 33 heavy (non-hydrogen) atoms. The van der Waals surface area contributed by atoms with Crippen molar-refractivity contribution in [3.8, 4) is 0 Å². The standard InChI is InChI=1S/C23H29N3O5S2/c1-17-3-8-22-20(15-17)21-16-24(2)10-9-23(21)26(22)33(29,30)19-6-4-18(5-7-19)32(27,28)25-11-13-31-14-12-25/h3-8,15,21,23H,9-14,16H2,1-2H3. The van der Waals surface area contributed by atoms with Crippen molar-refractivity contribution in [1.29, 1.82) is 0 Å². The molecule has 0 saturated carbocycles. The number of fused-ring (bicyclic) bond motifs is 3. The van der Waals surface area contributed by atoms with E-state index in [9.17, 15) is 16.8 Å². The number of rotatable bonds is 4. The monoisotopic (exact) mass is 491 g/mol. The van der Waals surface area contributed by atoms with Gasteiger partial charge >= 0.3 is 0 Å². The predicted octanol–water partition coefficient (Wildman–Crippen LogP) is 2.01. The van der Waals surface area contributed by atoms with Gasteiger partial charge in [-0.25, -0.2) is 16.8 Å². The van der Waals surface area contributed by atoms with Crippen LogP contribution in [0.15, 0.2) is 52.3 Å². The highest BCUT2D eigenvalue weighted by Crippen LogP contribution is 2.47. The molecular weight excluding hydrogens is 462 g/mol. The molecule has 0 amide bonds. The number of aryl methyl sites for hydroxylation is 1. The number of benzene rings is 2. The van der Waals surface area contributed by atoms with Crippen LogP contribution in [0, 0.1) is 6.92 Å². The summed E-state index contributed by atoms with van der Waals surface area (Å²) in [5, 5.41) is 0. The number of hydrogen-bond acceptors (Lipinski definition) is 6. The summed E-state index contributed by atoms with van der Waals surface area (Å²) in [6, 6.07) is 11.4. The maximum absolute atomic E-state index is 13.8. The lowest BCUT2D eigenvalue weighted by Gasteiger charge is -2.36. The Bertz CT molecular complexity index is 1260. The molecule has 0 bridgehead atoms.